The first-order valence-electron chi connectivity index (χ1n) is 4.92. The molecule has 2 aliphatic rings. The van der Waals surface area contributed by atoms with Gasteiger partial charge in [-0.1, -0.05) is 13.3 Å². The summed E-state index contributed by atoms with van der Waals surface area (Å²) in [5, 5.41) is 3.42. The van der Waals surface area contributed by atoms with Crippen LogP contribution in [0.4, 0.5) is 0 Å². The van der Waals surface area contributed by atoms with Crippen LogP contribution in [-0.4, -0.2) is 13.1 Å². The second-order valence-electron chi connectivity index (χ2n) is 4.67. The molecule has 0 aliphatic heterocycles. The van der Waals surface area contributed by atoms with E-state index in [0.717, 1.165) is 12.0 Å². The molecule has 64 valence electrons. The van der Waals surface area contributed by atoms with Crippen LogP contribution in [0, 0.1) is 11.3 Å². The van der Waals surface area contributed by atoms with E-state index in [-0.39, 0.29) is 0 Å². The minimum Gasteiger partial charge on any atom is -0.317 e. The zero-order valence-electron chi connectivity index (χ0n) is 7.69. The number of rotatable bonds is 1. The summed E-state index contributed by atoms with van der Waals surface area (Å²) in [7, 11) is 2.11. The Morgan fingerprint density at radius 1 is 1.45 bits per heavy atom. The molecule has 3 atom stereocenters. The van der Waals surface area contributed by atoms with Crippen LogP contribution >= 0.6 is 0 Å². The molecule has 1 heteroatoms. The molecule has 2 rings (SSSR count). The average molecular weight is 153 g/mol. The Morgan fingerprint density at radius 2 is 2.27 bits per heavy atom. The lowest BCUT2D eigenvalue weighted by Gasteiger charge is -2.22. The van der Waals surface area contributed by atoms with Crippen molar-refractivity contribution >= 4 is 0 Å². The molecule has 0 aromatic heterocycles. The monoisotopic (exact) mass is 153 g/mol. The highest BCUT2D eigenvalue weighted by Crippen LogP contribution is 2.53. The highest BCUT2D eigenvalue weighted by atomic mass is 14.9. The van der Waals surface area contributed by atoms with Gasteiger partial charge in [-0.05, 0) is 44.1 Å². The lowest BCUT2D eigenvalue weighted by atomic mass is 9.83. The first kappa shape index (κ1) is 7.60. The van der Waals surface area contributed by atoms with Crippen LogP contribution in [0.3, 0.4) is 0 Å². The first-order chi connectivity index (χ1) is 5.24. The maximum Gasteiger partial charge on any atom is 0.00721 e. The second kappa shape index (κ2) is 2.48. The Bertz CT molecular complexity index is 155. The van der Waals surface area contributed by atoms with E-state index in [0.29, 0.717) is 5.41 Å². The van der Waals surface area contributed by atoms with Crippen LogP contribution in [-0.2, 0) is 0 Å². The van der Waals surface area contributed by atoms with Crippen molar-refractivity contribution in [3.05, 3.63) is 0 Å². The Kier molecular flexibility index (Phi) is 1.71. The predicted octanol–water partition coefficient (Wildman–Crippen LogP) is 2.17. The predicted molar refractivity (Wildman–Crippen MR) is 47.5 cm³/mol. The highest BCUT2D eigenvalue weighted by molar-refractivity contribution is 4.98. The van der Waals surface area contributed by atoms with Gasteiger partial charge in [0, 0.05) is 6.04 Å². The normalized spacial score (nSPS) is 49.6. The third-order valence-corrected chi connectivity index (χ3v) is 3.98. The van der Waals surface area contributed by atoms with Crippen molar-refractivity contribution in [1.82, 2.24) is 5.32 Å². The lowest BCUT2D eigenvalue weighted by Crippen LogP contribution is -2.23. The Balaban J connectivity index is 2.06. The van der Waals surface area contributed by atoms with Gasteiger partial charge in [-0.2, -0.15) is 0 Å². The van der Waals surface area contributed by atoms with Gasteiger partial charge in [-0.3, -0.25) is 0 Å². The standard InChI is InChI=1S/C10H19N/c1-10-5-3-4-8(10)6-9(7-10)11-2/h8-9,11H,3-7H2,1-2H3. The molecule has 0 heterocycles. The summed E-state index contributed by atoms with van der Waals surface area (Å²) >= 11 is 0. The lowest BCUT2D eigenvalue weighted by molar-refractivity contribution is 0.274. The summed E-state index contributed by atoms with van der Waals surface area (Å²) < 4.78 is 0. The van der Waals surface area contributed by atoms with Gasteiger partial charge in [0.25, 0.3) is 0 Å². The summed E-state index contributed by atoms with van der Waals surface area (Å²) in [5.41, 5.74) is 0.716. The van der Waals surface area contributed by atoms with Gasteiger partial charge in [-0.25, -0.2) is 0 Å². The van der Waals surface area contributed by atoms with Crippen molar-refractivity contribution < 1.29 is 0 Å². The molecule has 1 N–H and O–H groups in total. The fraction of sp³-hybridized carbons (Fsp3) is 1.00. The van der Waals surface area contributed by atoms with E-state index >= 15 is 0 Å². The van der Waals surface area contributed by atoms with Crippen LogP contribution in [0.2, 0.25) is 0 Å². The topological polar surface area (TPSA) is 12.0 Å². The molecule has 2 aliphatic carbocycles. The number of fused-ring (bicyclic) bond motifs is 1. The van der Waals surface area contributed by atoms with Gasteiger partial charge < -0.3 is 5.32 Å². The molecule has 0 radical (unpaired) electrons. The Hall–Kier alpha value is -0.0400. The summed E-state index contributed by atoms with van der Waals surface area (Å²) in [6.07, 6.45) is 7.32. The highest BCUT2D eigenvalue weighted by Gasteiger charge is 2.45. The van der Waals surface area contributed by atoms with Crippen LogP contribution in [0.1, 0.15) is 39.0 Å². The largest absolute Gasteiger partial charge is 0.317 e. The molecule has 0 bridgehead atoms. The SMILES string of the molecule is CNC1CC2CCCC2(C)C1. The van der Waals surface area contributed by atoms with Crippen molar-refractivity contribution in [2.45, 2.75) is 45.1 Å². The smallest absolute Gasteiger partial charge is 0.00721 e. The summed E-state index contributed by atoms with van der Waals surface area (Å²) in [6.45, 7) is 2.49. The molecule has 2 saturated carbocycles. The average Bonchev–Trinajstić information content (AvgIpc) is 2.42. The van der Waals surface area contributed by atoms with Crippen LogP contribution in [0.5, 0.6) is 0 Å². The van der Waals surface area contributed by atoms with Crippen molar-refractivity contribution in [1.29, 1.82) is 0 Å². The molecular weight excluding hydrogens is 134 g/mol. The summed E-state index contributed by atoms with van der Waals surface area (Å²) in [6, 6.07) is 0.824. The fourth-order valence-electron chi connectivity index (χ4n) is 3.19. The van der Waals surface area contributed by atoms with Crippen molar-refractivity contribution in [2.24, 2.45) is 11.3 Å². The van der Waals surface area contributed by atoms with E-state index in [1.807, 2.05) is 0 Å². The van der Waals surface area contributed by atoms with E-state index in [9.17, 15) is 0 Å². The van der Waals surface area contributed by atoms with Crippen LogP contribution in [0.25, 0.3) is 0 Å². The molecule has 1 nitrogen and oxygen atoms in total. The fourth-order valence-corrected chi connectivity index (χ4v) is 3.19. The van der Waals surface area contributed by atoms with Gasteiger partial charge in [0.15, 0.2) is 0 Å². The third-order valence-electron chi connectivity index (χ3n) is 3.98. The van der Waals surface area contributed by atoms with E-state index in [1.165, 1.54) is 32.1 Å². The quantitative estimate of drug-likeness (QED) is 0.609. The molecule has 11 heavy (non-hydrogen) atoms. The molecule has 0 spiro atoms. The van der Waals surface area contributed by atoms with Crippen molar-refractivity contribution in [2.75, 3.05) is 7.05 Å². The second-order valence-corrected chi connectivity index (χ2v) is 4.67. The number of hydrogen-bond acceptors (Lipinski definition) is 1. The van der Waals surface area contributed by atoms with Gasteiger partial charge in [0.05, 0.1) is 0 Å². The number of nitrogens with one attached hydrogen (secondary N) is 1. The molecule has 0 aromatic carbocycles. The van der Waals surface area contributed by atoms with Gasteiger partial charge in [0.2, 0.25) is 0 Å². The Labute approximate surface area is 69.6 Å². The zero-order valence-corrected chi connectivity index (χ0v) is 7.69. The minimum atomic E-state index is 0.716. The number of hydrogen-bond donors (Lipinski definition) is 1. The summed E-state index contributed by atoms with van der Waals surface area (Å²) in [5.74, 6) is 1.04. The summed E-state index contributed by atoms with van der Waals surface area (Å²) in [4.78, 5) is 0. The van der Waals surface area contributed by atoms with E-state index in [1.54, 1.807) is 0 Å². The van der Waals surface area contributed by atoms with Gasteiger partial charge >= 0.3 is 0 Å². The van der Waals surface area contributed by atoms with E-state index < -0.39 is 0 Å². The van der Waals surface area contributed by atoms with Crippen LogP contribution < -0.4 is 5.32 Å². The van der Waals surface area contributed by atoms with Crippen molar-refractivity contribution in [3.63, 3.8) is 0 Å². The molecule has 0 saturated heterocycles. The van der Waals surface area contributed by atoms with Gasteiger partial charge in [0.1, 0.15) is 0 Å². The molecule has 0 aromatic rings. The maximum absolute atomic E-state index is 3.42. The molecule has 0 amide bonds. The molecular formula is C10H19N. The first-order valence-corrected chi connectivity index (χ1v) is 4.92. The third kappa shape index (κ3) is 1.10. The molecule has 3 unspecified atom stereocenters. The molecule has 2 fully saturated rings. The minimum absolute atomic E-state index is 0.716. The van der Waals surface area contributed by atoms with Crippen molar-refractivity contribution in [3.8, 4) is 0 Å². The van der Waals surface area contributed by atoms with Gasteiger partial charge in [-0.15, -0.1) is 0 Å². The van der Waals surface area contributed by atoms with E-state index in [2.05, 4.69) is 19.3 Å². The zero-order chi connectivity index (χ0) is 7.90. The Morgan fingerprint density at radius 3 is 2.91 bits per heavy atom. The van der Waals surface area contributed by atoms with E-state index in [4.69, 9.17) is 0 Å². The van der Waals surface area contributed by atoms with Crippen LogP contribution in [0.15, 0.2) is 0 Å². The maximum atomic E-state index is 3.42.